The summed E-state index contributed by atoms with van der Waals surface area (Å²) in [5.74, 6) is 5.88. The Morgan fingerprint density at radius 2 is 1.90 bits per heavy atom. The number of hydrogen-bond acceptors (Lipinski definition) is 3. The molecule has 0 atom stereocenters. The third-order valence-electron chi connectivity index (χ3n) is 2.85. The van der Waals surface area contributed by atoms with Crippen molar-refractivity contribution in [2.24, 2.45) is 10.8 Å². The third kappa shape index (κ3) is 2.54. The van der Waals surface area contributed by atoms with Crippen molar-refractivity contribution in [2.45, 2.75) is 0 Å². The molecule has 2 aromatic carbocycles. The molecule has 0 spiro atoms. The maximum absolute atomic E-state index is 13.2. The Labute approximate surface area is 119 Å². The van der Waals surface area contributed by atoms with Crippen molar-refractivity contribution < 1.29 is 4.39 Å². The molecule has 0 saturated carbocycles. The third-order valence-corrected chi connectivity index (χ3v) is 3.95. The number of rotatable bonds is 2. The number of benzene rings is 2. The van der Waals surface area contributed by atoms with Gasteiger partial charge in [0.15, 0.2) is 5.84 Å². The number of thiophene rings is 1. The van der Waals surface area contributed by atoms with Gasteiger partial charge in [0.1, 0.15) is 5.82 Å². The van der Waals surface area contributed by atoms with Gasteiger partial charge < -0.3 is 5.43 Å². The standard InChI is InChI=1S/C15H12FN3S/c16-11-7-6-10-8-14(20-13(10)9-11)15(19-17)18-12-4-2-1-3-5-12/h1-9H,17H2,(H,18,19). The van der Waals surface area contributed by atoms with Gasteiger partial charge in [0.25, 0.3) is 0 Å². The monoisotopic (exact) mass is 285 g/mol. The number of para-hydroxylation sites is 1. The minimum atomic E-state index is -0.242. The Morgan fingerprint density at radius 3 is 2.65 bits per heavy atom. The van der Waals surface area contributed by atoms with Crippen LogP contribution in [0.15, 0.2) is 59.6 Å². The van der Waals surface area contributed by atoms with Gasteiger partial charge in [0.05, 0.1) is 10.6 Å². The van der Waals surface area contributed by atoms with Crippen molar-refractivity contribution in [3.8, 4) is 0 Å². The fourth-order valence-corrected chi connectivity index (χ4v) is 2.95. The second-order valence-electron chi connectivity index (χ2n) is 4.23. The zero-order valence-electron chi connectivity index (χ0n) is 10.5. The number of nitrogens with one attached hydrogen (secondary N) is 1. The fourth-order valence-electron chi connectivity index (χ4n) is 1.91. The highest BCUT2D eigenvalue weighted by Crippen LogP contribution is 2.27. The zero-order chi connectivity index (χ0) is 13.9. The molecule has 0 aliphatic rings. The molecule has 5 heteroatoms. The second-order valence-corrected chi connectivity index (χ2v) is 5.32. The van der Waals surface area contributed by atoms with Gasteiger partial charge in [-0.2, -0.15) is 0 Å². The molecule has 3 nitrogen and oxygen atoms in total. The molecular formula is C15H12FN3S. The minimum Gasteiger partial charge on any atom is -0.307 e. The Morgan fingerprint density at radius 1 is 1.10 bits per heavy atom. The van der Waals surface area contributed by atoms with Crippen LogP contribution in [-0.2, 0) is 0 Å². The Balaban J connectivity index is 2.05. The van der Waals surface area contributed by atoms with Crippen LogP contribution in [0.5, 0.6) is 0 Å². The molecular weight excluding hydrogens is 273 g/mol. The summed E-state index contributed by atoms with van der Waals surface area (Å²) in [6.45, 7) is 0. The highest BCUT2D eigenvalue weighted by atomic mass is 32.1. The highest BCUT2D eigenvalue weighted by Gasteiger charge is 2.08. The van der Waals surface area contributed by atoms with Crippen LogP contribution in [0.3, 0.4) is 0 Å². The van der Waals surface area contributed by atoms with E-state index in [1.165, 1.54) is 23.5 Å². The van der Waals surface area contributed by atoms with Crippen LogP contribution >= 0.6 is 11.3 Å². The normalized spacial score (nSPS) is 11.8. The molecule has 3 rings (SSSR count). The van der Waals surface area contributed by atoms with Gasteiger partial charge >= 0.3 is 0 Å². The first-order valence-electron chi connectivity index (χ1n) is 6.06. The molecule has 20 heavy (non-hydrogen) atoms. The highest BCUT2D eigenvalue weighted by molar-refractivity contribution is 7.20. The van der Waals surface area contributed by atoms with E-state index in [-0.39, 0.29) is 5.82 Å². The first-order chi connectivity index (χ1) is 9.76. The lowest BCUT2D eigenvalue weighted by Crippen LogP contribution is -2.30. The summed E-state index contributed by atoms with van der Waals surface area (Å²) in [5, 5.41) is 0.974. The van der Waals surface area contributed by atoms with Crippen molar-refractivity contribution in [1.29, 1.82) is 0 Å². The fraction of sp³-hybridized carbons (Fsp3) is 0. The van der Waals surface area contributed by atoms with Crippen molar-refractivity contribution in [3.05, 3.63) is 65.3 Å². The summed E-state index contributed by atoms with van der Waals surface area (Å²) in [6.07, 6.45) is 0. The van der Waals surface area contributed by atoms with Crippen LogP contribution in [0.1, 0.15) is 4.88 Å². The first-order valence-corrected chi connectivity index (χ1v) is 6.88. The lowest BCUT2D eigenvalue weighted by molar-refractivity contribution is 0.630. The Kier molecular flexibility index (Phi) is 3.45. The van der Waals surface area contributed by atoms with Crippen LogP contribution in [-0.4, -0.2) is 5.84 Å². The largest absolute Gasteiger partial charge is 0.307 e. The van der Waals surface area contributed by atoms with Gasteiger partial charge in [0.2, 0.25) is 0 Å². The maximum Gasteiger partial charge on any atom is 0.158 e. The lowest BCUT2D eigenvalue weighted by Gasteiger charge is -2.02. The zero-order valence-corrected chi connectivity index (χ0v) is 11.3. The van der Waals surface area contributed by atoms with Crippen LogP contribution in [0.4, 0.5) is 10.1 Å². The number of nitrogens with zero attached hydrogens (tertiary/aromatic N) is 1. The molecule has 3 aromatic rings. The molecule has 0 radical (unpaired) electrons. The average Bonchev–Trinajstić information content (AvgIpc) is 2.88. The van der Waals surface area contributed by atoms with Gasteiger partial charge in [0, 0.05) is 4.70 Å². The van der Waals surface area contributed by atoms with Crippen LogP contribution in [0.2, 0.25) is 0 Å². The maximum atomic E-state index is 13.2. The number of nitrogens with two attached hydrogens (primary N) is 1. The van der Waals surface area contributed by atoms with E-state index in [0.29, 0.717) is 5.84 Å². The van der Waals surface area contributed by atoms with Crippen molar-refractivity contribution in [3.63, 3.8) is 0 Å². The predicted molar refractivity (Wildman–Crippen MR) is 81.7 cm³/mol. The lowest BCUT2D eigenvalue weighted by atomic mass is 10.2. The molecule has 1 heterocycles. The molecule has 0 fully saturated rings. The number of hydrogen-bond donors (Lipinski definition) is 2. The van der Waals surface area contributed by atoms with Crippen molar-refractivity contribution >= 4 is 32.9 Å². The van der Waals surface area contributed by atoms with Gasteiger partial charge in [-0.3, -0.25) is 0 Å². The number of amidine groups is 1. The molecule has 1 aromatic heterocycles. The SMILES string of the molecule is NNC(=Nc1ccccc1)c1cc2ccc(F)cc2s1. The topological polar surface area (TPSA) is 50.4 Å². The average molecular weight is 285 g/mol. The van der Waals surface area contributed by atoms with E-state index in [1.807, 2.05) is 36.4 Å². The number of fused-ring (bicyclic) bond motifs is 1. The van der Waals surface area contributed by atoms with E-state index in [2.05, 4.69) is 10.4 Å². The van der Waals surface area contributed by atoms with Gasteiger partial charge in [-0.25, -0.2) is 15.2 Å². The number of aliphatic imine (C=N–C) groups is 1. The smallest absolute Gasteiger partial charge is 0.158 e. The first kappa shape index (κ1) is 12.8. The summed E-state index contributed by atoms with van der Waals surface area (Å²) in [6, 6.07) is 16.2. The summed E-state index contributed by atoms with van der Waals surface area (Å²) in [5.41, 5.74) is 3.42. The predicted octanol–water partition coefficient (Wildman–Crippen LogP) is 3.58. The van der Waals surface area contributed by atoms with E-state index in [1.54, 1.807) is 6.07 Å². The van der Waals surface area contributed by atoms with E-state index in [0.717, 1.165) is 20.7 Å². The van der Waals surface area contributed by atoms with E-state index in [9.17, 15) is 4.39 Å². The van der Waals surface area contributed by atoms with Gasteiger partial charge in [-0.05, 0) is 35.7 Å². The van der Waals surface area contributed by atoms with Gasteiger partial charge in [-0.1, -0.05) is 24.3 Å². The van der Waals surface area contributed by atoms with E-state index in [4.69, 9.17) is 5.84 Å². The summed E-state index contributed by atoms with van der Waals surface area (Å²) < 4.78 is 14.1. The van der Waals surface area contributed by atoms with Crippen molar-refractivity contribution in [2.75, 3.05) is 0 Å². The van der Waals surface area contributed by atoms with Crippen LogP contribution in [0, 0.1) is 5.82 Å². The van der Waals surface area contributed by atoms with Crippen LogP contribution < -0.4 is 11.3 Å². The molecule has 0 unspecified atom stereocenters. The van der Waals surface area contributed by atoms with Crippen LogP contribution in [0.25, 0.3) is 10.1 Å². The Bertz CT molecular complexity index is 765. The van der Waals surface area contributed by atoms with E-state index >= 15 is 0 Å². The number of hydrazine groups is 1. The molecule has 100 valence electrons. The molecule has 0 aliphatic carbocycles. The molecule has 0 amide bonds. The number of halogens is 1. The minimum absolute atomic E-state index is 0.242. The summed E-state index contributed by atoms with van der Waals surface area (Å²) >= 11 is 1.45. The molecule has 0 aliphatic heterocycles. The van der Waals surface area contributed by atoms with Crippen molar-refractivity contribution in [1.82, 2.24) is 5.43 Å². The van der Waals surface area contributed by atoms with Gasteiger partial charge in [-0.15, -0.1) is 11.3 Å². The Hall–Kier alpha value is -2.24. The summed E-state index contributed by atoms with van der Waals surface area (Å²) in [4.78, 5) is 5.33. The molecule has 0 saturated heterocycles. The second kappa shape index (κ2) is 5.40. The van der Waals surface area contributed by atoms with E-state index < -0.39 is 0 Å². The molecule has 3 N–H and O–H groups in total. The quantitative estimate of drug-likeness (QED) is 0.327. The molecule has 0 bridgehead atoms. The summed E-state index contributed by atoms with van der Waals surface area (Å²) in [7, 11) is 0.